The van der Waals surface area contributed by atoms with E-state index in [1.807, 2.05) is 54.6 Å². The first kappa shape index (κ1) is 15.2. The summed E-state index contributed by atoms with van der Waals surface area (Å²) in [5.74, 6) is -0.00875. The highest BCUT2D eigenvalue weighted by Crippen LogP contribution is 2.31. The van der Waals surface area contributed by atoms with Crippen LogP contribution in [0.25, 0.3) is 0 Å². The van der Waals surface area contributed by atoms with Crippen molar-refractivity contribution in [3.8, 4) is 0 Å². The molecular weight excluding hydrogens is 262 g/mol. The third-order valence-electron chi connectivity index (χ3n) is 3.79. The van der Waals surface area contributed by atoms with Gasteiger partial charge >= 0.3 is 0 Å². The van der Waals surface area contributed by atoms with E-state index < -0.39 is 0 Å². The molecule has 1 aliphatic heterocycles. The molecule has 0 spiro atoms. The molecule has 0 amide bonds. The SMILES string of the molecule is CCC1C(C(C)=O)=CN(Cc2ccccc2)C=C1C(C)=O. The van der Waals surface area contributed by atoms with Crippen LogP contribution in [0.4, 0.5) is 0 Å². The van der Waals surface area contributed by atoms with Crippen molar-refractivity contribution in [2.24, 2.45) is 5.92 Å². The van der Waals surface area contributed by atoms with E-state index in [1.54, 1.807) is 13.8 Å². The molecule has 21 heavy (non-hydrogen) atoms. The fourth-order valence-electron chi connectivity index (χ4n) is 2.74. The molecule has 0 aliphatic carbocycles. The number of hydrogen-bond donors (Lipinski definition) is 0. The van der Waals surface area contributed by atoms with Crippen molar-refractivity contribution in [3.63, 3.8) is 0 Å². The molecule has 1 aromatic carbocycles. The Morgan fingerprint density at radius 3 is 1.95 bits per heavy atom. The number of ketones is 2. The van der Waals surface area contributed by atoms with E-state index in [-0.39, 0.29) is 17.5 Å². The Morgan fingerprint density at radius 1 is 1.00 bits per heavy atom. The summed E-state index contributed by atoms with van der Waals surface area (Å²) in [6.07, 6.45) is 4.53. The lowest BCUT2D eigenvalue weighted by Crippen LogP contribution is -2.26. The number of nitrogens with zero attached hydrogens (tertiary/aromatic N) is 1. The monoisotopic (exact) mass is 283 g/mol. The van der Waals surface area contributed by atoms with Gasteiger partial charge in [-0.25, -0.2) is 0 Å². The largest absolute Gasteiger partial charge is 0.349 e. The van der Waals surface area contributed by atoms with E-state index in [4.69, 9.17) is 0 Å². The van der Waals surface area contributed by atoms with Crippen LogP contribution < -0.4 is 0 Å². The maximum Gasteiger partial charge on any atom is 0.157 e. The maximum atomic E-state index is 11.9. The molecule has 0 atom stereocenters. The third-order valence-corrected chi connectivity index (χ3v) is 3.79. The summed E-state index contributed by atoms with van der Waals surface area (Å²) in [6.45, 7) is 5.80. The summed E-state index contributed by atoms with van der Waals surface area (Å²) in [5.41, 5.74) is 2.59. The van der Waals surface area contributed by atoms with E-state index >= 15 is 0 Å². The molecule has 0 fully saturated rings. The summed E-state index contributed by atoms with van der Waals surface area (Å²) < 4.78 is 0. The van der Waals surface area contributed by atoms with Crippen molar-refractivity contribution >= 4 is 11.6 Å². The normalized spacial score (nSPS) is 15.5. The minimum absolute atomic E-state index is 0.0340. The van der Waals surface area contributed by atoms with Gasteiger partial charge in [0.1, 0.15) is 0 Å². The molecule has 110 valence electrons. The molecule has 0 N–H and O–H groups in total. The Hall–Kier alpha value is -2.16. The van der Waals surface area contributed by atoms with Gasteiger partial charge in [0.25, 0.3) is 0 Å². The van der Waals surface area contributed by atoms with Crippen molar-refractivity contribution in [1.82, 2.24) is 4.90 Å². The smallest absolute Gasteiger partial charge is 0.157 e. The summed E-state index contributed by atoms with van der Waals surface area (Å²) in [5, 5.41) is 0. The van der Waals surface area contributed by atoms with E-state index in [0.717, 1.165) is 23.1 Å². The van der Waals surface area contributed by atoms with E-state index in [2.05, 4.69) is 0 Å². The van der Waals surface area contributed by atoms with Gasteiger partial charge in [-0.3, -0.25) is 9.59 Å². The first-order valence-electron chi connectivity index (χ1n) is 7.28. The fraction of sp³-hybridized carbons (Fsp3) is 0.333. The Morgan fingerprint density at radius 2 is 1.52 bits per heavy atom. The predicted molar refractivity (Wildman–Crippen MR) is 83.3 cm³/mol. The predicted octanol–water partition coefficient (Wildman–Crippen LogP) is 3.47. The van der Waals surface area contributed by atoms with Crippen LogP contribution in [0.1, 0.15) is 32.8 Å². The minimum atomic E-state index is -0.0768. The van der Waals surface area contributed by atoms with Crippen LogP contribution >= 0.6 is 0 Å². The molecule has 0 saturated carbocycles. The highest BCUT2D eigenvalue weighted by molar-refractivity contribution is 6.00. The second-order valence-electron chi connectivity index (χ2n) is 5.40. The number of Topliss-reactive ketones (excluding diaryl/α,β-unsaturated/α-hetero) is 2. The van der Waals surface area contributed by atoms with Crippen molar-refractivity contribution in [2.75, 3.05) is 0 Å². The average Bonchev–Trinajstić information content (AvgIpc) is 2.47. The second kappa shape index (κ2) is 6.53. The van der Waals surface area contributed by atoms with Crippen LogP contribution in [0.3, 0.4) is 0 Å². The van der Waals surface area contributed by atoms with Gasteiger partial charge in [0.05, 0.1) is 0 Å². The molecule has 1 heterocycles. The molecule has 2 rings (SSSR count). The van der Waals surface area contributed by atoms with Crippen LogP contribution in [-0.2, 0) is 16.1 Å². The van der Waals surface area contributed by atoms with Gasteiger partial charge in [-0.2, -0.15) is 0 Å². The van der Waals surface area contributed by atoms with Gasteiger partial charge in [-0.15, -0.1) is 0 Å². The van der Waals surface area contributed by atoms with Gasteiger partial charge in [-0.1, -0.05) is 37.3 Å². The van der Waals surface area contributed by atoms with Crippen LogP contribution in [0.5, 0.6) is 0 Å². The van der Waals surface area contributed by atoms with E-state index in [0.29, 0.717) is 6.54 Å². The summed E-state index contributed by atoms with van der Waals surface area (Å²) >= 11 is 0. The van der Waals surface area contributed by atoms with Crippen molar-refractivity contribution < 1.29 is 9.59 Å². The molecule has 0 aromatic heterocycles. The van der Waals surface area contributed by atoms with Crippen molar-refractivity contribution in [3.05, 3.63) is 59.4 Å². The number of hydrogen-bond acceptors (Lipinski definition) is 3. The van der Waals surface area contributed by atoms with Gasteiger partial charge in [0.2, 0.25) is 0 Å². The Labute approximate surface area is 126 Å². The summed E-state index contributed by atoms with van der Waals surface area (Å²) in [7, 11) is 0. The zero-order valence-corrected chi connectivity index (χ0v) is 12.8. The topological polar surface area (TPSA) is 37.4 Å². The van der Waals surface area contributed by atoms with Crippen molar-refractivity contribution in [2.45, 2.75) is 33.7 Å². The van der Waals surface area contributed by atoms with Crippen LogP contribution in [0.2, 0.25) is 0 Å². The molecular formula is C18H21NO2. The molecule has 0 unspecified atom stereocenters. The second-order valence-corrected chi connectivity index (χ2v) is 5.40. The van der Waals surface area contributed by atoms with E-state index in [9.17, 15) is 9.59 Å². The highest BCUT2D eigenvalue weighted by atomic mass is 16.1. The van der Waals surface area contributed by atoms with Crippen molar-refractivity contribution in [1.29, 1.82) is 0 Å². The Bertz CT molecular complexity index is 567. The Balaban J connectivity index is 2.34. The number of benzene rings is 1. The van der Waals surface area contributed by atoms with E-state index in [1.165, 1.54) is 0 Å². The quantitative estimate of drug-likeness (QED) is 0.830. The summed E-state index contributed by atoms with van der Waals surface area (Å²) in [6, 6.07) is 10.0. The molecule has 1 aliphatic rings. The third kappa shape index (κ3) is 3.48. The molecule has 0 radical (unpaired) electrons. The summed E-state index contributed by atoms with van der Waals surface area (Å²) in [4.78, 5) is 25.7. The zero-order chi connectivity index (χ0) is 15.4. The first-order valence-corrected chi connectivity index (χ1v) is 7.28. The molecule has 3 nitrogen and oxygen atoms in total. The molecule has 0 saturated heterocycles. The lowest BCUT2D eigenvalue weighted by Gasteiger charge is -2.29. The van der Waals surface area contributed by atoms with Gasteiger partial charge in [0.15, 0.2) is 11.6 Å². The first-order chi connectivity index (χ1) is 10.0. The number of carbonyl (C=O) groups excluding carboxylic acids is 2. The lowest BCUT2D eigenvalue weighted by molar-refractivity contribution is -0.114. The van der Waals surface area contributed by atoms with Crippen LogP contribution in [0, 0.1) is 5.92 Å². The fourth-order valence-corrected chi connectivity index (χ4v) is 2.74. The van der Waals surface area contributed by atoms with Crippen LogP contribution in [-0.4, -0.2) is 16.5 Å². The molecule has 0 bridgehead atoms. The average molecular weight is 283 g/mol. The highest BCUT2D eigenvalue weighted by Gasteiger charge is 2.28. The number of allylic oxidation sites excluding steroid dienone is 2. The minimum Gasteiger partial charge on any atom is -0.349 e. The maximum absolute atomic E-state index is 11.9. The number of rotatable bonds is 5. The van der Waals surface area contributed by atoms with Gasteiger partial charge < -0.3 is 4.90 Å². The number of carbonyl (C=O) groups is 2. The standard InChI is InChI=1S/C18H21NO2/c1-4-16-17(13(2)20)11-19(12-18(16)14(3)21)10-15-8-6-5-7-9-15/h5-9,11-12,16H,4,10H2,1-3H3. The Kier molecular flexibility index (Phi) is 4.73. The molecule has 3 heteroatoms. The lowest BCUT2D eigenvalue weighted by atomic mass is 9.84. The van der Waals surface area contributed by atoms with Crippen LogP contribution in [0.15, 0.2) is 53.9 Å². The molecule has 1 aromatic rings. The van der Waals surface area contributed by atoms with Gasteiger partial charge in [-0.05, 0) is 25.8 Å². The van der Waals surface area contributed by atoms with Gasteiger partial charge in [0, 0.05) is 36.0 Å². The zero-order valence-electron chi connectivity index (χ0n) is 12.8.